The Morgan fingerprint density at radius 2 is 1.88 bits per heavy atom. The lowest BCUT2D eigenvalue weighted by atomic mass is 10.1. The van der Waals surface area contributed by atoms with Gasteiger partial charge < -0.3 is 4.74 Å². The summed E-state index contributed by atoms with van der Waals surface area (Å²) in [6.45, 7) is 4.73. The van der Waals surface area contributed by atoms with Gasteiger partial charge in [0, 0.05) is 16.5 Å². The quantitative estimate of drug-likeness (QED) is 0.760. The molecule has 0 atom stereocenters. The van der Waals surface area contributed by atoms with Gasteiger partial charge in [0.25, 0.3) is 0 Å². The fourth-order valence-electron chi connectivity index (χ4n) is 2.73. The van der Waals surface area contributed by atoms with E-state index in [1.807, 2.05) is 48.0 Å². The molecule has 0 spiro atoms. The van der Waals surface area contributed by atoms with E-state index in [2.05, 4.69) is 40.1 Å². The summed E-state index contributed by atoms with van der Waals surface area (Å²) in [5, 5.41) is 11.5. The van der Waals surface area contributed by atoms with Gasteiger partial charge in [-0.05, 0) is 43.7 Å². The van der Waals surface area contributed by atoms with Crippen LogP contribution in [0.3, 0.4) is 0 Å². The van der Waals surface area contributed by atoms with Crippen molar-refractivity contribution in [3.05, 3.63) is 65.1 Å². The molecule has 1 aliphatic heterocycles. The molecule has 1 N–H and O–H groups in total. The van der Waals surface area contributed by atoms with Crippen LogP contribution in [0.15, 0.2) is 59.1 Å². The summed E-state index contributed by atoms with van der Waals surface area (Å²) in [6, 6.07) is 16.2. The molecule has 0 unspecified atom stereocenters. The highest BCUT2D eigenvalue weighted by Gasteiger charge is 2.20. The van der Waals surface area contributed by atoms with Gasteiger partial charge in [-0.15, -0.1) is 10.2 Å². The van der Waals surface area contributed by atoms with Crippen molar-refractivity contribution in [2.24, 2.45) is 0 Å². The maximum absolute atomic E-state index is 5.51. The molecule has 126 valence electrons. The number of fused-ring (bicyclic) bond motifs is 1. The summed E-state index contributed by atoms with van der Waals surface area (Å²) in [7, 11) is 0. The molecule has 1 aliphatic rings. The molecule has 0 amide bonds. The molecule has 0 fully saturated rings. The maximum Gasteiger partial charge on any atom is 0.214 e. The van der Waals surface area contributed by atoms with E-state index < -0.39 is 0 Å². The molecule has 2 aromatic carbocycles. The summed E-state index contributed by atoms with van der Waals surface area (Å²) in [4.78, 5) is 0. The molecule has 4 rings (SSSR count). The average Bonchev–Trinajstić information content (AvgIpc) is 3.06. The minimum Gasteiger partial charge on any atom is -0.494 e. The number of ether oxygens (including phenoxy) is 1. The Morgan fingerprint density at radius 1 is 1.08 bits per heavy atom. The van der Waals surface area contributed by atoms with Crippen molar-refractivity contribution in [2.75, 3.05) is 12.0 Å². The van der Waals surface area contributed by atoms with Crippen molar-refractivity contribution in [1.82, 2.24) is 14.9 Å². The maximum atomic E-state index is 5.51. The molecule has 5 nitrogen and oxygen atoms in total. The smallest absolute Gasteiger partial charge is 0.214 e. The third-order valence-corrected chi connectivity index (χ3v) is 4.84. The Bertz CT molecular complexity index is 931. The van der Waals surface area contributed by atoms with Crippen molar-refractivity contribution in [3.63, 3.8) is 0 Å². The van der Waals surface area contributed by atoms with E-state index >= 15 is 0 Å². The van der Waals surface area contributed by atoms with Crippen LogP contribution in [-0.4, -0.2) is 21.5 Å². The van der Waals surface area contributed by atoms with E-state index in [-0.39, 0.29) is 0 Å². The first-order valence-corrected chi connectivity index (χ1v) is 9.02. The minimum atomic E-state index is 0.667. The first kappa shape index (κ1) is 15.8. The Hall–Kier alpha value is -2.73. The van der Waals surface area contributed by atoms with Gasteiger partial charge in [-0.25, -0.2) is 4.68 Å². The summed E-state index contributed by atoms with van der Waals surface area (Å²) >= 11 is 1.56. The molecule has 0 saturated carbocycles. The lowest BCUT2D eigenvalue weighted by Crippen LogP contribution is -2.18. The van der Waals surface area contributed by atoms with E-state index in [0.717, 1.165) is 33.6 Å². The van der Waals surface area contributed by atoms with Gasteiger partial charge in [-0.1, -0.05) is 36.0 Å². The van der Waals surface area contributed by atoms with Crippen LogP contribution in [0.5, 0.6) is 5.75 Å². The number of thioether (sulfide) groups is 1. The molecule has 0 saturated heterocycles. The molecule has 1 aromatic heterocycles. The fourth-order valence-corrected chi connectivity index (χ4v) is 3.47. The van der Waals surface area contributed by atoms with Crippen LogP contribution in [0, 0.1) is 6.92 Å². The second-order valence-electron chi connectivity index (χ2n) is 5.68. The zero-order valence-electron chi connectivity index (χ0n) is 14.1. The third kappa shape index (κ3) is 3.00. The van der Waals surface area contributed by atoms with Crippen LogP contribution < -0.4 is 10.2 Å². The molecule has 25 heavy (non-hydrogen) atoms. The van der Waals surface area contributed by atoms with E-state index in [0.29, 0.717) is 6.61 Å². The van der Waals surface area contributed by atoms with Crippen molar-refractivity contribution in [2.45, 2.75) is 19.0 Å². The number of aryl methyl sites for hydroxylation is 1. The fraction of sp³-hybridized carbons (Fsp3) is 0.158. The Balaban J connectivity index is 1.65. The van der Waals surface area contributed by atoms with Crippen LogP contribution in [0.1, 0.15) is 18.1 Å². The zero-order valence-corrected chi connectivity index (χ0v) is 14.9. The van der Waals surface area contributed by atoms with Crippen molar-refractivity contribution in [1.29, 1.82) is 0 Å². The Kier molecular flexibility index (Phi) is 4.19. The predicted molar refractivity (Wildman–Crippen MR) is 101 cm³/mol. The van der Waals surface area contributed by atoms with E-state index in [9.17, 15) is 0 Å². The van der Waals surface area contributed by atoms with Crippen molar-refractivity contribution >= 4 is 17.5 Å². The van der Waals surface area contributed by atoms with Gasteiger partial charge >= 0.3 is 0 Å². The Labute approximate surface area is 150 Å². The monoisotopic (exact) mass is 350 g/mol. The SMILES string of the molecule is CCOc1ccc(C2=CSc3nnc(-c4ccccc4C)n3N2)cc1. The summed E-state index contributed by atoms with van der Waals surface area (Å²) in [5.41, 5.74) is 7.77. The van der Waals surface area contributed by atoms with Crippen LogP contribution in [-0.2, 0) is 0 Å². The lowest BCUT2D eigenvalue weighted by molar-refractivity contribution is 0.340. The summed E-state index contributed by atoms with van der Waals surface area (Å²) in [6.07, 6.45) is 0. The van der Waals surface area contributed by atoms with Gasteiger partial charge in [0.05, 0.1) is 12.3 Å². The zero-order chi connectivity index (χ0) is 17.2. The first-order chi connectivity index (χ1) is 12.3. The van der Waals surface area contributed by atoms with Crippen LogP contribution in [0.2, 0.25) is 0 Å². The number of nitrogens with zero attached hydrogens (tertiary/aromatic N) is 3. The average molecular weight is 350 g/mol. The molecule has 2 heterocycles. The number of rotatable bonds is 4. The van der Waals surface area contributed by atoms with Gasteiger partial charge in [0.2, 0.25) is 5.16 Å². The molecule has 0 bridgehead atoms. The van der Waals surface area contributed by atoms with Crippen molar-refractivity contribution in [3.8, 4) is 17.1 Å². The number of nitrogens with one attached hydrogen (secondary N) is 1. The highest BCUT2D eigenvalue weighted by atomic mass is 32.2. The number of benzene rings is 2. The molecule has 0 radical (unpaired) electrons. The van der Waals surface area contributed by atoms with Crippen LogP contribution >= 0.6 is 11.8 Å². The molecular formula is C19H18N4OS. The minimum absolute atomic E-state index is 0.667. The Morgan fingerprint density at radius 3 is 2.64 bits per heavy atom. The van der Waals surface area contributed by atoms with Crippen LogP contribution in [0.25, 0.3) is 17.1 Å². The first-order valence-electron chi connectivity index (χ1n) is 8.15. The second kappa shape index (κ2) is 6.64. The second-order valence-corrected chi connectivity index (χ2v) is 6.51. The van der Waals surface area contributed by atoms with E-state index in [1.165, 1.54) is 5.56 Å². The predicted octanol–water partition coefficient (Wildman–Crippen LogP) is 4.30. The van der Waals surface area contributed by atoms with Gasteiger partial charge in [0.1, 0.15) is 5.75 Å². The summed E-state index contributed by atoms with van der Waals surface area (Å²) in [5.74, 6) is 1.69. The normalized spacial score (nSPS) is 13.0. The van der Waals surface area contributed by atoms with E-state index in [1.54, 1.807) is 11.8 Å². The summed E-state index contributed by atoms with van der Waals surface area (Å²) < 4.78 is 7.46. The van der Waals surface area contributed by atoms with Crippen molar-refractivity contribution < 1.29 is 4.74 Å². The lowest BCUT2D eigenvalue weighted by Gasteiger charge is -2.19. The molecule has 6 heteroatoms. The third-order valence-electron chi connectivity index (χ3n) is 4.01. The topological polar surface area (TPSA) is 52.0 Å². The molecular weight excluding hydrogens is 332 g/mol. The van der Waals surface area contributed by atoms with Gasteiger partial charge in [-0.2, -0.15) is 0 Å². The standard InChI is InChI=1S/C19H18N4OS/c1-3-24-15-10-8-14(9-11-15)17-12-25-19-21-20-18(23(19)22-17)16-7-5-4-6-13(16)2/h4-12,22H,3H2,1-2H3. The van der Waals surface area contributed by atoms with Gasteiger partial charge in [-0.3, -0.25) is 5.43 Å². The van der Waals surface area contributed by atoms with E-state index in [4.69, 9.17) is 4.74 Å². The number of aromatic nitrogens is 3. The highest BCUT2D eigenvalue weighted by molar-refractivity contribution is 8.02. The molecule has 3 aromatic rings. The van der Waals surface area contributed by atoms with Gasteiger partial charge in [0.15, 0.2) is 5.82 Å². The van der Waals surface area contributed by atoms with Crippen LogP contribution in [0.4, 0.5) is 0 Å². The highest BCUT2D eigenvalue weighted by Crippen LogP contribution is 2.32. The number of hydrogen-bond donors (Lipinski definition) is 1. The molecule has 0 aliphatic carbocycles. The number of hydrogen-bond acceptors (Lipinski definition) is 5. The largest absolute Gasteiger partial charge is 0.494 e.